The van der Waals surface area contributed by atoms with Crippen molar-refractivity contribution in [2.24, 2.45) is 11.5 Å². The number of hydrogen-bond donors (Lipinski definition) is 4. The number of benzene rings is 4. The Labute approximate surface area is 363 Å². The van der Waals surface area contributed by atoms with E-state index in [0.29, 0.717) is 32.3 Å². The van der Waals surface area contributed by atoms with E-state index in [4.69, 9.17) is 11.5 Å². The van der Waals surface area contributed by atoms with Crippen molar-refractivity contribution >= 4 is 34.5 Å². The van der Waals surface area contributed by atoms with Crippen LogP contribution >= 0.6 is 22.7 Å². The molecular formula is C42H39F7N8O4S2. The molecule has 21 heteroatoms. The third-order valence-corrected chi connectivity index (χ3v) is 11.6. The summed E-state index contributed by atoms with van der Waals surface area (Å²) in [6.07, 6.45) is -9.53. The summed E-state index contributed by atoms with van der Waals surface area (Å²) in [4.78, 5) is 24.5. The highest BCUT2D eigenvalue weighted by molar-refractivity contribution is 7.15. The molecular weight excluding hydrogens is 878 g/mol. The van der Waals surface area contributed by atoms with Crippen molar-refractivity contribution in [3.63, 3.8) is 0 Å². The minimum absolute atomic E-state index is 0.00218. The van der Waals surface area contributed by atoms with Gasteiger partial charge in [-0.1, -0.05) is 77.3 Å². The van der Waals surface area contributed by atoms with Crippen molar-refractivity contribution < 1.29 is 49.8 Å². The van der Waals surface area contributed by atoms with Crippen LogP contribution in [0.4, 0.5) is 30.7 Å². The van der Waals surface area contributed by atoms with Gasteiger partial charge in [0.25, 0.3) is 0 Å². The van der Waals surface area contributed by atoms with E-state index in [1.165, 1.54) is 44.2 Å². The lowest BCUT2D eigenvalue weighted by molar-refractivity contribution is -0.275. The first-order valence-corrected chi connectivity index (χ1v) is 20.6. The number of halogens is 7. The van der Waals surface area contributed by atoms with Gasteiger partial charge in [0.05, 0.1) is 12.1 Å². The molecule has 6 N–H and O–H groups in total. The first-order chi connectivity index (χ1) is 29.6. The average Bonchev–Trinajstić information content (AvgIpc) is 3.89. The Kier molecular flexibility index (Phi) is 14.1. The van der Waals surface area contributed by atoms with Gasteiger partial charge in [-0.15, -0.1) is 46.7 Å². The second-order valence-corrected chi connectivity index (χ2v) is 16.7. The summed E-state index contributed by atoms with van der Waals surface area (Å²) in [5, 5.41) is 23.6. The lowest BCUT2D eigenvalue weighted by Crippen LogP contribution is -2.35. The predicted molar refractivity (Wildman–Crippen MR) is 221 cm³/mol. The van der Waals surface area contributed by atoms with Crippen LogP contribution in [0.15, 0.2) is 84.9 Å². The standard InChI is InChI=1S/C42H39F7N8O4S2/c1-22(58)52-34(38-56-54-36(62-38)27-5-4-6-30(17-27)60-41(44,45)46)16-24-8-12-29(13-9-24)40(3,51)20-28-11-14-31(61-42(47,48)49)19-32(28)37-55-57-39(63-37)35(53-23(2)59)18-26-10-7-25(21-50)15-33(26)43/h4-15,17,19,34-35H,16,18,20-21,50-51H2,1-3H3,(H,52,58)(H,53,59). The van der Waals surface area contributed by atoms with Gasteiger partial charge in [0.1, 0.15) is 37.3 Å². The van der Waals surface area contributed by atoms with E-state index in [-0.39, 0.29) is 52.9 Å². The molecule has 0 aliphatic rings. The molecule has 6 aromatic rings. The Hall–Kier alpha value is -6.03. The Bertz CT molecular complexity index is 2560. The number of ether oxygens (including phenoxy) is 2. The molecule has 0 aliphatic heterocycles. The van der Waals surface area contributed by atoms with Gasteiger partial charge in [-0.3, -0.25) is 9.59 Å². The molecule has 3 atom stereocenters. The van der Waals surface area contributed by atoms with Crippen LogP contribution in [0.2, 0.25) is 0 Å². The molecule has 0 saturated carbocycles. The number of carbonyl (C=O) groups is 2. The maximum atomic E-state index is 15.0. The highest BCUT2D eigenvalue weighted by atomic mass is 32.1. The number of alkyl halides is 6. The fourth-order valence-corrected chi connectivity index (χ4v) is 8.49. The molecule has 332 valence electrons. The molecule has 2 amide bonds. The Morgan fingerprint density at radius 2 is 1.25 bits per heavy atom. The molecule has 6 rings (SSSR count). The molecule has 4 aromatic carbocycles. The van der Waals surface area contributed by atoms with Crippen molar-refractivity contribution in [3.8, 4) is 32.6 Å². The van der Waals surface area contributed by atoms with E-state index in [9.17, 15) is 40.3 Å². The minimum atomic E-state index is -4.99. The normalized spacial score (nSPS) is 13.8. The van der Waals surface area contributed by atoms with Gasteiger partial charge in [-0.25, -0.2) is 4.39 Å². The zero-order valence-corrected chi connectivity index (χ0v) is 35.2. The fraction of sp³-hybridized carbons (Fsp3) is 0.286. The van der Waals surface area contributed by atoms with E-state index >= 15 is 0 Å². The highest BCUT2D eigenvalue weighted by Crippen LogP contribution is 2.38. The third-order valence-electron chi connectivity index (χ3n) is 9.48. The van der Waals surface area contributed by atoms with Gasteiger partial charge < -0.3 is 31.6 Å². The van der Waals surface area contributed by atoms with Crippen LogP contribution in [-0.4, -0.2) is 44.9 Å². The quantitative estimate of drug-likeness (QED) is 0.0689. The molecule has 0 aliphatic carbocycles. The third kappa shape index (κ3) is 12.8. The molecule has 2 heterocycles. The molecule has 0 fully saturated rings. The Morgan fingerprint density at radius 1 is 0.698 bits per heavy atom. The van der Waals surface area contributed by atoms with Crippen molar-refractivity contribution in [1.29, 1.82) is 0 Å². The summed E-state index contributed by atoms with van der Waals surface area (Å²) in [6, 6.07) is 19.3. The number of nitrogens with zero attached hydrogens (tertiary/aromatic N) is 4. The minimum Gasteiger partial charge on any atom is -0.406 e. The van der Waals surface area contributed by atoms with Crippen LogP contribution in [0.3, 0.4) is 0 Å². The maximum absolute atomic E-state index is 15.0. The van der Waals surface area contributed by atoms with E-state index in [2.05, 4.69) is 40.5 Å². The van der Waals surface area contributed by atoms with Crippen molar-refractivity contribution in [2.45, 2.75) is 76.9 Å². The van der Waals surface area contributed by atoms with Crippen LogP contribution < -0.4 is 31.6 Å². The van der Waals surface area contributed by atoms with E-state index in [1.54, 1.807) is 49.4 Å². The van der Waals surface area contributed by atoms with Crippen LogP contribution in [-0.2, 0) is 40.9 Å². The lowest BCUT2D eigenvalue weighted by atomic mass is 9.84. The average molecular weight is 917 g/mol. The van der Waals surface area contributed by atoms with Gasteiger partial charge in [0, 0.05) is 43.5 Å². The van der Waals surface area contributed by atoms with Gasteiger partial charge in [0.15, 0.2) is 0 Å². The smallest absolute Gasteiger partial charge is 0.406 e. The van der Waals surface area contributed by atoms with Gasteiger partial charge in [0.2, 0.25) is 11.8 Å². The second kappa shape index (κ2) is 19.2. The first-order valence-electron chi connectivity index (χ1n) is 19.0. The van der Waals surface area contributed by atoms with Crippen LogP contribution in [0, 0.1) is 5.82 Å². The Balaban J connectivity index is 1.24. The SMILES string of the molecule is CC(=O)NC(Cc1ccc(C(C)(N)Cc2ccc(OC(F)(F)F)cc2-c2nnc(C(Cc3ccc(CN)cc3F)NC(C)=O)s2)cc1)c1nnc(-c2cccc(OC(F)(F)F)c2)s1. The molecule has 0 saturated heterocycles. The van der Waals surface area contributed by atoms with Crippen LogP contribution in [0.1, 0.15) is 70.7 Å². The van der Waals surface area contributed by atoms with Gasteiger partial charge in [-0.05, 0) is 77.9 Å². The highest BCUT2D eigenvalue weighted by Gasteiger charge is 2.33. The molecule has 0 bridgehead atoms. The van der Waals surface area contributed by atoms with Crippen molar-refractivity contribution in [3.05, 3.63) is 129 Å². The van der Waals surface area contributed by atoms with Crippen LogP contribution in [0.25, 0.3) is 21.1 Å². The van der Waals surface area contributed by atoms with E-state index in [1.807, 2.05) is 0 Å². The number of hydrogen-bond acceptors (Lipinski definition) is 12. The molecule has 12 nitrogen and oxygen atoms in total. The monoisotopic (exact) mass is 916 g/mol. The molecule has 0 radical (unpaired) electrons. The summed E-state index contributed by atoms with van der Waals surface area (Å²) in [5.74, 6) is -2.25. The first kappa shape index (κ1) is 46.5. The number of rotatable bonds is 16. The van der Waals surface area contributed by atoms with Gasteiger partial charge >= 0.3 is 12.7 Å². The number of aromatic nitrogens is 4. The van der Waals surface area contributed by atoms with Crippen molar-refractivity contribution in [1.82, 2.24) is 31.0 Å². The second-order valence-electron chi connectivity index (χ2n) is 14.7. The molecule has 63 heavy (non-hydrogen) atoms. The molecule has 2 aromatic heterocycles. The maximum Gasteiger partial charge on any atom is 0.573 e. The predicted octanol–water partition coefficient (Wildman–Crippen LogP) is 8.38. The molecule has 3 unspecified atom stereocenters. The molecule has 0 spiro atoms. The summed E-state index contributed by atoms with van der Waals surface area (Å²) >= 11 is 2.09. The van der Waals surface area contributed by atoms with Crippen molar-refractivity contribution in [2.75, 3.05) is 0 Å². The number of carbonyl (C=O) groups excluding carboxylic acids is 2. The zero-order valence-electron chi connectivity index (χ0n) is 33.6. The van der Waals surface area contributed by atoms with Gasteiger partial charge in [-0.2, -0.15) is 0 Å². The topological polar surface area (TPSA) is 180 Å². The number of nitrogens with two attached hydrogens (primary N) is 2. The van der Waals surface area contributed by atoms with Crippen LogP contribution in [0.5, 0.6) is 11.5 Å². The Morgan fingerprint density at radius 3 is 1.84 bits per heavy atom. The summed E-state index contributed by atoms with van der Waals surface area (Å²) in [7, 11) is 0. The zero-order chi connectivity index (χ0) is 45.7. The summed E-state index contributed by atoms with van der Waals surface area (Å²) in [5.41, 5.74) is 14.8. The summed E-state index contributed by atoms with van der Waals surface area (Å²) in [6.45, 7) is 4.49. The van der Waals surface area contributed by atoms with E-state index < -0.39 is 53.6 Å². The lowest BCUT2D eigenvalue weighted by Gasteiger charge is -2.27. The fourth-order valence-electron chi connectivity index (χ4n) is 6.66. The largest absolute Gasteiger partial charge is 0.573 e. The number of amides is 2. The summed E-state index contributed by atoms with van der Waals surface area (Å²) < 4.78 is 102. The van der Waals surface area contributed by atoms with E-state index in [0.717, 1.165) is 40.4 Å². The number of nitrogens with one attached hydrogen (secondary N) is 2.